The molecule has 1 aromatic carbocycles. The molecule has 0 N–H and O–H groups in total. The Bertz CT molecular complexity index is 728. The molecular formula is C17H18N2O2. The van der Waals surface area contributed by atoms with E-state index in [9.17, 15) is 4.79 Å². The van der Waals surface area contributed by atoms with Crippen molar-refractivity contribution in [2.75, 3.05) is 20.2 Å². The van der Waals surface area contributed by atoms with Gasteiger partial charge in [-0.05, 0) is 37.1 Å². The summed E-state index contributed by atoms with van der Waals surface area (Å²) in [4.78, 5) is 19.7. The number of rotatable bonds is 1. The van der Waals surface area contributed by atoms with Crippen LogP contribution in [0.4, 0.5) is 0 Å². The number of carbonyl (C=O) groups is 1. The molecule has 0 spiro atoms. The van der Waals surface area contributed by atoms with E-state index >= 15 is 0 Å². The highest BCUT2D eigenvalue weighted by Crippen LogP contribution is 2.41. The predicted molar refractivity (Wildman–Crippen MR) is 79.9 cm³/mol. The van der Waals surface area contributed by atoms with Gasteiger partial charge in [-0.25, -0.2) is 0 Å². The molecule has 4 heteroatoms. The van der Waals surface area contributed by atoms with Crippen LogP contribution in [0.2, 0.25) is 0 Å². The monoisotopic (exact) mass is 282 g/mol. The number of carbonyl (C=O) groups excluding carboxylic acids is 1. The highest BCUT2D eigenvalue weighted by molar-refractivity contribution is 5.87. The summed E-state index contributed by atoms with van der Waals surface area (Å²) < 4.78 is 5.13. The number of pyridine rings is 1. The Labute approximate surface area is 123 Å². The summed E-state index contributed by atoms with van der Waals surface area (Å²) in [5, 5.41) is 1.14. The minimum absolute atomic E-state index is 0.143. The summed E-state index contributed by atoms with van der Waals surface area (Å²) >= 11 is 0. The van der Waals surface area contributed by atoms with Crippen LogP contribution in [0.15, 0.2) is 30.3 Å². The predicted octanol–water partition coefficient (Wildman–Crippen LogP) is 2.25. The smallest absolute Gasteiger partial charge is 0.319 e. The second-order valence-electron chi connectivity index (χ2n) is 6.08. The lowest BCUT2D eigenvalue weighted by atomic mass is 9.72. The largest absolute Gasteiger partial charge is 0.468 e. The number of methoxy groups -OCH3 is 1. The normalized spacial score (nSPS) is 27.2. The SMILES string of the molecule is COC(=O)C12CCCN(Cc3cc4ccccc4nc31)C2. The van der Waals surface area contributed by atoms with Crippen molar-refractivity contribution in [1.82, 2.24) is 9.88 Å². The zero-order valence-corrected chi connectivity index (χ0v) is 12.1. The fraction of sp³-hybridized carbons (Fsp3) is 0.412. The van der Waals surface area contributed by atoms with E-state index in [1.807, 2.05) is 18.2 Å². The van der Waals surface area contributed by atoms with Crippen LogP contribution in [0.3, 0.4) is 0 Å². The fourth-order valence-electron chi connectivity index (χ4n) is 3.87. The molecule has 108 valence electrons. The number of benzene rings is 1. The summed E-state index contributed by atoms with van der Waals surface area (Å²) in [5.74, 6) is -0.143. The molecule has 0 radical (unpaired) electrons. The molecule has 1 saturated heterocycles. The standard InChI is InChI=1S/C17H18N2O2/c1-21-16(20)17-7-4-8-19(11-17)10-13-9-12-5-2-3-6-14(12)18-15(13)17/h2-3,5-6,9H,4,7-8,10-11H2,1H3. The van der Waals surface area contributed by atoms with Gasteiger partial charge >= 0.3 is 5.97 Å². The average molecular weight is 282 g/mol. The van der Waals surface area contributed by atoms with Crippen molar-refractivity contribution in [3.63, 3.8) is 0 Å². The molecule has 1 aromatic heterocycles. The summed E-state index contributed by atoms with van der Waals surface area (Å²) in [6.45, 7) is 2.66. The summed E-state index contributed by atoms with van der Waals surface area (Å²) in [7, 11) is 1.48. The van der Waals surface area contributed by atoms with Gasteiger partial charge in [0, 0.05) is 18.5 Å². The second-order valence-corrected chi connectivity index (χ2v) is 6.08. The van der Waals surface area contributed by atoms with E-state index in [0.29, 0.717) is 0 Å². The maximum absolute atomic E-state index is 12.5. The second kappa shape index (κ2) is 4.53. The van der Waals surface area contributed by atoms with Gasteiger partial charge < -0.3 is 4.74 Å². The Kier molecular flexibility index (Phi) is 2.76. The van der Waals surface area contributed by atoms with E-state index in [4.69, 9.17) is 9.72 Å². The molecule has 0 saturated carbocycles. The van der Waals surface area contributed by atoms with Crippen LogP contribution in [0.5, 0.6) is 0 Å². The third-order valence-electron chi connectivity index (χ3n) is 4.80. The molecule has 2 aromatic rings. The van der Waals surface area contributed by atoms with Crippen molar-refractivity contribution in [2.24, 2.45) is 0 Å². The zero-order valence-electron chi connectivity index (χ0n) is 12.1. The van der Waals surface area contributed by atoms with Gasteiger partial charge in [0.1, 0.15) is 5.41 Å². The topological polar surface area (TPSA) is 42.4 Å². The van der Waals surface area contributed by atoms with Crippen LogP contribution in [0.1, 0.15) is 24.1 Å². The molecule has 2 aliphatic rings. The van der Waals surface area contributed by atoms with Crippen LogP contribution in [-0.2, 0) is 21.5 Å². The van der Waals surface area contributed by atoms with Gasteiger partial charge in [-0.1, -0.05) is 18.2 Å². The van der Waals surface area contributed by atoms with Crippen molar-refractivity contribution in [1.29, 1.82) is 0 Å². The molecule has 1 fully saturated rings. The number of esters is 1. The van der Waals surface area contributed by atoms with E-state index in [0.717, 1.165) is 49.1 Å². The van der Waals surface area contributed by atoms with Crippen LogP contribution >= 0.6 is 0 Å². The minimum atomic E-state index is -0.579. The third kappa shape index (κ3) is 1.79. The van der Waals surface area contributed by atoms with Crippen molar-refractivity contribution >= 4 is 16.9 Å². The molecular weight excluding hydrogens is 264 g/mol. The molecule has 21 heavy (non-hydrogen) atoms. The Morgan fingerprint density at radius 1 is 1.38 bits per heavy atom. The van der Waals surface area contributed by atoms with Gasteiger partial charge in [-0.15, -0.1) is 0 Å². The lowest BCUT2D eigenvalue weighted by molar-refractivity contribution is -0.151. The number of hydrogen-bond acceptors (Lipinski definition) is 4. The average Bonchev–Trinajstić information content (AvgIpc) is 2.53. The maximum Gasteiger partial charge on any atom is 0.319 e. The van der Waals surface area contributed by atoms with Crippen molar-refractivity contribution in [3.8, 4) is 0 Å². The van der Waals surface area contributed by atoms with Crippen LogP contribution in [0.25, 0.3) is 10.9 Å². The van der Waals surface area contributed by atoms with Gasteiger partial charge in [-0.2, -0.15) is 0 Å². The highest BCUT2D eigenvalue weighted by atomic mass is 16.5. The number of aromatic nitrogens is 1. The third-order valence-corrected chi connectivity index (χ3v) is 4.80. The lowest BCUT2D eigenvalue weighted by Crippen LogP contribution is -2.55. The van der Waals surface area contributed by atoms with E-state index in [2.05, 4.69) is 17.0 Å². The van der Waals surface area contributed by atoms with Crippen LogP contribution in [0, 0.1) is 0 Å². The highest BCUT2D eigenvalue weighted by Gasteiger charge is 2.50. The molecule has 2 bridgehead atoms. The van der Waals surface area contributed by atoms with E-state index in [-0.39, 0.29) is 5.97 Å². The first-order valence-corrected chi connectivity index (χ1v) is 7.43. The number of piperidine rings is 1. The maximum atomic E-state index is 12.5. The van der Waals surface area contributed by atoms with Crippen molar-refractivity contribution < 1.29 is 9.53 Å². The molecule has 0 aliphatic carbocycles. The van der Waals surface area contributed by atoms with Gasteiger partial charge in [0.15, 0.2) is 0 Å². The zero-order chi connectivity index (χ0) is 14.4. The number of hydrogen-bond donors (Lipinski definition) is 0. The summed E-state index contributed by atoms with van der Waals surface area (Å²) in [5.41, 5.74) is 2.48. The first-order valence-electron chi connectivity index (χ1n) is 7.43. The Balaban J connectivity index is 1.97. The number of para-hydroxylation sites is 1. The van der Waals surface area contributed by atoms with Gasteiger partial charge in [0.2, 0.25) is 0 Å². The van der Waals surface area contributed by atoms with Crippen molar-refractivity contribution in [2.45, 2.75) is 24.8 Å². The number of nitrogens with zero attached hydrogens (tertiary/aromatic N) is 2. The lowest BCUT2D eigenvalue weighted by Gasteiger charge is -2.45. The Hall–Kier alpha value is -1.94. The molecule has 2 unspecified atom stereocenters. The van der Waals surface area contributed by atoms with Gasteiger partial charge in [0.25, 0.3) is 0 Å². The summed E-state index contributed by atoms with van der Waals surface area (Å²) in [6.07, 6.45) is 1.84. The van der Waals surface area contributed by atoms with Crippen LogP contribution in [-0.4, -0.2) is 36.1 Å². The van der Waals surface area contributed by atoms with Gasteiger partial charge in [0.05, 0.1) is 18.3 Å². The molecule has 3 heterocycles. The minimum Gasteiger partial charge on any atom is -0.468 e. The molecule has 4 rings (SSSR count). The molecule has 2 atom stereocenters. The van der Waals surface area contributed by atoms with Crippen molar-refractivity contribution in [3.05, 3.63) is 41.6 Å². The van der Waals surface area contributed by atoms with E-state index in [1.165, 1.54) is 12.7 Å². The first-order chi connectivity index (χ1) is 10.2. The van der Waals surface area contributed by atoms with Crippen LogP contribution < -0.4 is 0 Å². The number of fused-ring (bicyclic) bond motifs is 5. The molecule has 0 amide bonds. The van der Waals surface area contributed by atoms with E-state index in [1.54, 1.807) is 0 Å². The molecule has 2 aliphatic heterocycles. The summed E-state index contributed by atoms with van der Waals surface area (Å²) in [6, 6.07) is 10.3. The first kappa shape index (κ1) is 12.8. The number of ether oxygens (including phenoxy) is 1. The quantitative estimate of drug-likeness (QED) is 0.752. The Morgan fingerprint density at radius 3 is 3.10 bits per heavy atom. The molecule has 4 nitrogen and oxygen atoms in total. The fourth-order valence-corrected chi connectivity index (χ4v) is 3.87. The van der Waals surface area contributed by atoms with E-state index < -0.39 is 5.41 Å². The Morgan fingerprint density at radius 2 is 2.24 bits per heavy atom. The van der Waals surface area contributed by atoms with Gasteiger partial charge in [-0.3, -0.25) is 14.7 Å².